The fourth-order valence-electron chi connectivity index (χ4n) is 5.76. The van der Waals surface area contributed by atoms with Crippen molar-refractivity contribution in [3.8, 4) is 0 Å². The molecular weight excluding hydrogens is 440 g/mol. The molecule has 0 unspecified atom stereocenters. The highest BCUT2D eigenvalue weighted by atomic mass is 16.2. The van der Waals surface area contributed by atoms with Crippen molar-refractivity contribution in [1.29, 1.82) is 0 Å². The average Bonchev–Trinajstić information content (AvgIpc) is 2.88. The van der Waals surface area contributed by atoms with Gasteiger partial charge in [0.05, 0.1) is 11.7 Å². The maximum Gasteiger partial charge on any atom is 0.335 e. The molecule has 3 aliphatic rings. The lowest BCUT2D eigenvalue weighted by Gasteiger charge is -2.55. The molecule has 176 valence electrons. The molecule has 7 nitrogen and oxygen atoms in total. The van der Waals surface area contributed by atoms with Crippen LogP contribution in [0.4, 0.5) is 21.9 Å². The van der Waals surface area contributed by atoms with Crippen LogP contribution in [-0.2, 0) is 16.0 Å². The van der Waals surface area contributed by atoms with Crippen molar-refractivity contribution in [2.75, 3.05) is 34.3 Å². The summed E-state index contributed by atoms with van der Waals surface area (Å²) in [6.07, 6.45) is 0.243. The SMILES string of the molecule is Cc1ccc(N2C(=O)NC(=O)[C@@]3(Cc4ccccc4N4CCN(c5ccccc5)C[C@@H]43)C2=O)cc1. The van der Waals surface area contributed by atoms with Crippen LogP contribution >= 0.6 is 0 Å². The summed E-state index contributed by atoms with van der Waals surface area (Å²) in [6.45, 7) is 3.87. The van der Waals surface area contributed by atoms with Gasteiger partial charge in [0, 0.05) is 31.0 Å². The highest BCUT2D eigenvalue weighted by molar-refractivity contribution is 6.30. The number of anilines is 3. The summed E-state index contributed by atoms with van der Waals surface area (Å²) in [4.78, 5) is 46.6. The predicted molar refractivity (Wildman–Crippen MR) is 135 cm³/mol. The molecule has 0 saturated carbocycles. The minimum atomic E-state index is -1.43. The number of nitrogens with one attached hydrogen (secondary N) is 1. The zero-order valence-corrected chi connectivity index (χ0v) is 19.5. The molecule has 3 aromatic carbocycles. The Balaban J connectivity index is 1.48. The van der Waals surface area contributed by atoms with Gasteiger partial charge in [-0.2, -0.15) is 0 Å². The van der Waals surface area contributed by atoms with Crippen LogP contribution in [-0.4, -0.2) is 43.5 Å². The number of urea groups is 1. The van der Waals surface area contributed by atoms with Crippen molar-refractivity contribution in [1.82, 2.24) is 5.32 Å². The molecule has 3 aliphatic heterocycles. The van der Waals surface area contributed by atoms with E-state index in [4.69, 9.17) is 0 Å². The van der Waals surface area contributed by atoms with Crippen molar-refractivity contribution >= 4 is 34.9 Å². The number of para-hydroxylation sites is 2. The number of fused-ring (bicyclic) bond motifs is 4. The molecule has 1 N–H and O–H groups in total. The highest BCUT2D eigenvalue weighted by Gasteiger charge is 2.63. The van der Waals surface area contributed by atoms with Gasteiger partial charge in [-0.1, -0.05) is 54.1 Å². The molecular formula is C28H26N4O3. The summed E-state index contributed by atoms with van der Waals surface area (Å²) in [7, 11) is 0. The summed E-state index contributed by atoms with van der Waals surface area (Å²) in [5.74, 6) is -0.982. The molecule has 2 saturated heterocycles. The molecule has 0 bridgehead atoms. The lowest BCUT2D eigenvalue weighted by molar-refractivity contribution is -0.144. The Morgan fingerprint density at radius 1 is 0.829 bits per heavy atom. The Bertz CT molecular complexity index is 1320. The van der Waals surface area contributed by atoms with Gasteiger partial charge in [0.2, 0.25) is 5.91 Å². The van der Waals surface area contributed by atoms with Crippen LogP contribution in [0.2, 0.25) is 0 Å². The molecule has 2 atom stereocenters. The molecule has 6 rings (SSSR count). The second kappa shape index (κ2) is 7.98. The first-order chi connectivity index (χ1) is 17.0. The largest absolute Gasteiger partial charge is 0.368 e. The fraction of sp³-hybridized carbons (Fsp3) is 0.250. The van der Waals surface area contributed by atoms with Crippen molar-refractivity contribution < 1.29 is 14.4 Å². The number of barbiturate groups is 1. The van der Waals surface area contributed by atoms with Crippen molar-refractivity contribution in [2.45, 2.75) is 19.4 Å². The molecule has 2 fully saturated rings. The third kappa shape index (κ3) is 3.22. The maximum absolute atomic E-state index is 14.3. The van der Waals surface area contributed by atoms with Crippen LogP contribution in [0.15, 0.2) is 78.9 Å². The van der Waals surface area contributed by atoms with Crippen molar-refractivity contribution in [3.05, 3.63) is 90.0 Å². The summed E-state index contributed by atoms with van der Waals surface area (Å²) in [6, 6.07) is 24.1. The minimum absolute atomic E-state index is 0.243. The summed E-state index contributed by atoms with van der Waals surface area (Å²) < 4.78 is 0. The monoisotopic (exact) mass is 466 g/mol. The van der Waals surface area contributed by atoms with Gasteiger partial charge in [-0.25, -0.2) is 9.69 Å². The first kappa shape index (κ1) is 21.4. The molecule has 0 aliphatic carbocycles. The zero-order chi connectivity index (χ0) is 24.2. The number of aryl methyl sites for hydroxylation is 1. The molecule has 3 aromatic rings. The molecule has 7 heteroatoms. The molecule has 0 aromatic heterocycles. The number of hydrogen-bond acceptors (Lipinski definition) is 5. The lowest BCUT2D eigenvalue weighted by Crippen LogP contribution is -2.75. The molecule has 0 radical (unpaired) electrons. The number of piperazine rings is 1. The number of imide groups is 2. The second-order valence-corrected chi connectivity index (χ2v) is 9.50. The van der Waals surface area contributed by atoms with Gasteiger partial charge in [-0.05, 0) is 49.2 Å². The number of rotatable bonds is 2. The summed E-state index contributed by atoms with van der Waals surface area (Å²) >= 11 is 0. The molecule has 35 heavy (non-hydrogen) atoms. The number of amides is 4. The smallest absolute Gasteiger partial charge is 0.335 e. The lowest BCUT2D eigenvalue weighted by atomic mass is 9.67. The van der Waals surface area contributed by atoms with E-state index >= 15 is 0 Å². The Morgan fingerprint density at radius 3 is 2.31 bits per heavy atom. The number of benzene rings is 3. The van der Waals surface area contributed by atoms with Gasteiger partial charge >= 0.3 is 6.03 Å². The van der Waals surface area contributed by atoms with Crippen LogP contribution in [0.5, 0.6) is 0 Å². The van der Waals surface area contributed by atoms with Gasteiger partial charge in [-0.15, -0.1) is 0 Å². The van der Waals surface area contributed by atoms with Crippen LogP contribution in [0, 0.1) is 12.3 Å². The number of carbonyl (C=O) groups is 3. The predicted octanol–water partition coefficient (Wildman–Crippen LogP) is 3.52. The Kier molecular flexibility index (Phi) is 4.88. The zero-order valence-electron chi connectivity index (χ0n) is 19.5. The maximum atomic E-state index is 14.3. The van der Waals surface area contributed by atoms with Gasteiger partial charge in [-0.3, -0.25) is 14.9 Å². The van der Waals surface area contributed by atoms with Crippen molar-refractivity contribution in [2.24, 2.45) is 5.41 Å². The van der Waals surface area contributed by atoms with Gasteiger partial charge in [0.15, 0.2) is 5.41 Å². The fourth-order valence-corrected chi connectivity index (χ4v) is 5.76. The van der Waals surface area contributed by atoms with E-state index in [-0.39, 0.29) is 6.42 Å². The standard InChI is InChI=1S/C28H26N4O3/c1-19-11-13-22(14-12-19)32-26(34)28(25(33)29-27(32)35)17-20-7-5-6-10-23(20)31-16-15-30(18-24(28)31)21-8-3-2-4-9-21/h2-14,24H,15-18H2,1H3,(H,29,33,35)/t24-,28+/m1/s1. The number of hydrogen-bond donors (Lipinski definition) is 1. The third-order valence-electron chi connectivity index (χ3n) is 7.55. The topological polar surface area (TPSA) is 73.0 Å². The van der Waals surface area contributed by atoms with Crippen LogP contribution in [0.25, 0.3) is 0 Å². The first-order valence-electron chi connectivity index (χ1n) is 11.9. The average molecular weight is 467 g/mol. The van der Waals surface area contributed by atoms with E-state index in [9.17, 15) is 14.4 Å². The van der Waals surface area contributed by atoms with E-state index in [1.807, 2.05) is 67.6 Å². The van der Waals surface area contributed by atoms with E-state index in [0.29, 0.717) is 18.8 Å². The molecule has 3 heterocycles. The van der Waals surface area contributed by atoms with Gasteiger partial charge in [0.1, 0.15) is 0 Å². The van der Waals surface area contributed by atoms with E-state index in [1.165, 1.54) is 0 Å². The Hall–Kier alpha value is -4.13. The van der Waals surface area contributed by atoms with E-state index in [0.717, 1.165) is 33.9 Å². The van der Waals surface area contributed by atoms with Crippen LogP contribution < -0.4 is 20.0 Å². The Labute approximate surface area is 203 Å². The van der Waals surface area contributed by atoms with Crippen LogP contribution in [0.3, 0.4) is 0 Å². The van der Waals surface area contributed by atoms with Crippen molar-refractivity contribution in [3.63, 3.8) is 0 Å². The number of carbonyl (C=O) groups excluding carboxylic acids is 3. The minimum Gasteiger partial charge on any atom is -0.368 e. The molecule has 1 spiro atoms. The second-order valence-electron chi connectivity index (χ2n) is 9.50. The Morgan fingerprint density at radius 2 is 1.54 bits per heavy atom. The third-order valence-corrected chi connectivity index (χ3v) is 7.55. The molecule has 4 amide bonds. The van der Waals surface area contributed by atoms with Crippen LogP contribution in [0.1, 0.15) is 11.1 Å². The van der Waals surface area contributed by atoms with E-state index in [2.05, 4.69) is 21.2 Å². The summed E-state index contributed by atoms with van der Waals surface area (Å²) in [5.41, 5.74) is 3.10. The normalized spacial score (nSPS) is 23.7. The van der Waals surface area contributed by atoms with E-state index in [1.54, 1.807) is 12.1 Å². The summed E-state index contributed by atoms with van der Waals surface area (Å²) in [5, 5.41) is 2.53. The van der Waals surface area contributed by atoms with Gasteiger partial charge < -0.3 is 9.80 Å². The highest BCUT2D eigenvalue weighted by Crippen LogP contribution is 2.46. The number of nitrogens with zero attached hydrogens (tertiary/aromatic N) is 3. The van der Waals surface area contributed by atoms with E-state index < -0.39 is 29.3 Å². The van der Waals surface area contributed by atoms with Gasteiger partial charge in [0.25, 0.3) is 5.91 Å². The quantitative estimate of drug-likeness (QED) is 0.585. The first-order valence-corrected chi connectivity index (χ1v) is 11.9.